The second kappa shape index (κ2) is 5.04. The Labute approximate surface area is 92.9 Å². The molecule has 0 aromatic rings. The van der Waals surface area contributed by atoms with Gasteiger partial charge in [-0.3, -0.25) is 14.4 Å². The molecule has 16 heavy (non-hydrogen) atoms. The Morgan fingerprint density at radius 2 is 2.00 bits per heavy atom. The average Bonchev–Trinajstić information content (AvgIpc) is 2.74. The first-order valence-corrected chi connectivity index (χ1v) is 5.07. The summed E-state index contributed by atoms with van der Waals surface area (Å²) in [7, 11) is 0. The summed E-state index contributed by atoms with van der Waals surface area (Å²) in [6.07, 6.45) is 1.21. The molecule has 1 fully saturated rings. The van der Waals surface area contributed by atoms with Crippen molar-refractivity contribution >= 4 is 17.6 Å². The molecule has 0 spiro atoms. The van der Waals surface area contributed by atoms with Gasteiger partial charge in [-0.2, -0.15) is 0 Å². The number of primary amides is 1. The molecule has 7 heteroatoms. The van der Waals surface area contributed by atoms with Crippen LogP contribution >= 0.6 is 0 Å². The van der Waals surface area contributed by atoms with Crippen LogP contribution in [0.4, 0.5) is 0 Å². The maximum Gasteiger partial charge on any atom is 0.242 e. The summed E-state index contributed by atoms with van der Waals surface area (Å²) < 4.78 is 0. The Morgan fingerprint density at radius 1 is 1.38 bits per heavy atom. The van der Waals surface area contributed by atoms with Crippen molar-refractivity contribution in [2.45, 2.75) is 24.9 Å². The monoisotopic (exact) mass is 228 g/mol. The van der Waals surface area contributed by atoms with E-state index in [9.17, 15) is 14.4 Å². The maximum atomic E-state index is 11.8. The fourth-order valence-electron chi connectivity index (χ4n) is 1.83. The van der Waals surface area contributed by atoms with Crippen LogP contribution < -0.4 is 17.2 Å². The Kier molecular flexibility index (Phi) is 3.97. The smallest absolute Gasteiger partial charge is 0.242 e. The third kappa shape index (κ3) is 2.37. The van der Waals surface area contributed by atoms with Gasteiger partial charge in [-0.1, -0.05) is 0 Å². The fraction of sp³-hybridized carbons (Fsp3) is 0.667. The van der Waals surface area contributed by atoms with Crippen LogP contribution in [0.3, 0.4) is 0 Å². The van der Waals surface area contributed by atoms with Crippen molar-refractivity contribution in [3.05, 3.63) is 0 Å². The molecule has 6 N–H and O–H groups in total. The molecule has 1 aliphatic heterocycles. The van der Waals surface area contributed by atoms with Crippen molar-refractivity contribution in [3.63, 3.8) is 0 Å². The second-order valence-corrected chi connectivity index (χ2v) is 3.73. The first-order chi connectivity index (χ1) is 7.49. The van der Waals surface area contributed by atoms with Crippen molar-refractivity contribution in [3.8, 4) is 0 Å². The molecule has 2 atom stereocenters. The van der Waals surface area contributed by atoms with E-state index in [2.05, 4.69) is 0 Å². The first kappa shape index (κ1) is 12.6. The van der Waals surface area contributed by atoms with Gasteiger partial charge in [0.25, 0.3) is 0 Å². The third-order valence-electron chi connectivity index (χ3n) is 2.69. The van der Waals surface area contributed by atoms with E-state index in [1.54, 1.807) is 0 Å². The summed E-state index contributed by atoms with van der Waals surface area (Å²) in [5.41, 5.74) is 15.5. The number of Topliss-reactive ketones (excluding diaryl/α,β-unsaturated/α-hetero) is 1. The number of carbonyl (C=O) groups excluding carboxylic acids is 3. The van der Waals surface area contributed by atoms with Crippen molar-refractivity contribution < 1.29 is 14.4 Å². The molecule has 2 amide bonds. The summed E-state index contributed by atoms with van der Waals surface area (Å²) in [5, 5.41) is 0. The van der Waals surface area contributed by atoms with Crippen molar-refractivity contribution in [2.75, 3.05) is 13.1 Å². The number of likely N-dealkylation sites (tertiary alicyclic amines) is 1. The molecule has 1 heterocycles. The normalized spacial score (nSPS) is 21.9. The molecular formula is C9H16N4O3. The molecule has 0 radical (unpaired) electrons. The molecule has 0 aromatic carbocycles. The van der Waals surface area contributed by atoms with Crippen LogP contribution in [0.15, 0.2) is 0 Å². The van der Waals surface area contributed by atoms with E-state index in [1.807, 2.05) is 0 Å². The highest BCUT2D eigenvalue weighted by atomic mass is 16.2. The van der Waals surface area contributed by atoms with Gasteiger partial charge in [0.2, 0.25) is 11.8 Å². The van der Waals surface area contributed by atoms with Crippen molar-refractivity contribution in [1.29, 1.82) is 0 Å². The second-order valence-electron chi connectivity index (χ2n) is 3.73. The lowest BCUT2D eigenvalue weighted by Gasteiger charge is -2.24. The summed E-state index contributed by atoms with van der Waals surface area (Å²) >= 11 is 0. The predicted octanol–water partition coefficient (Wildman–Crippen LogP) is -2.68. The van der Waals surface area contributed by atoms with Gasteiger partial charge in [-0.15, -0.1) is 0 Å². The van der Waals surface area contributed by atoms with Crippen LogP contribution in [-0.2, 0) is 14.4 Å². The summed E-state index contributed by atoms with van der Waals surface area (Å²) in [6, 6.07) is -2.00. The number of nitrogens with two attached hydrogens (primary N) is 3. The number of ketones is 1. The predicted molar refractivity (Wildman–Crippen MR) is 56.0 cm³/mol. The third-order valence-corrected chi connectivity index (χ3v) is 2.69. The summed E-state index contributed by atoms with van der Waals surface area (Å²) in [5.74, 6) is -1.70. The minimum absolute atomic E-state index is 0.157. The highest BCUT2D eigenvalue weighted by Crippen LogP contribution is 2.18. The molecule has 1 saturated heterocycles. The lowest BCUT2D eigenvalue weighted by Crippen LogP contribution is -2.53. The van der Waals surface area contributed by atoms with Gasteiger partial charge in [-0.05, 0) is 12.8 Å². The maximum absolute atomic E-state index is 11.8. The quantitative estimate of drug-likeness (QED) is 0.451. The van der Waals surface area contributed by atoms with E-state index in [4.69, 9.17) is 17.2 Å². The number of nitrogens with zero attached hydrogens (tertiary/aromatic N) is 1. The largest absolute Gasteiger partial charge is 0.368 e. The van der Waals surface area contributed by atoms with Crippen LogP contribution in [-0.4, -0.2) is 47.7 Å². The van der Waals surface area contributed by atoms with Gasteiger partial charge in [0.1, 0.15) is 6.04 Å². The van der Waals surface area contributed by atoms with Gasteiger partial charge in [0, 0.05) is 6.54 Å². The van der Waals surface area contributed by atoms with E-state index < -0.39 is 23.8 Å². The first-order valence-electron chi connectivity index (χ1n) is 5.07. The molecule has 1 rings (SSSR count). The van der Waals surface area contributed by atoms with E-state index in [0.29, 0.717) is 19.4 Å². The zero-order valence-electron chi connectivity index (χ0n) is 8.89. The fourth-order valence-corrected chi connectivity index (χ4v) is 1.83. The number of rotatable bonds is 4. The highest BCUT2D eigenvalue weighted by molar-refractivity contribution is 6.07. The number of carbonyl (C=O) groups is 3. The number of hydrogen-bond donors (Lipinski definition) is 3. The number of amides is 2. The molecule has 1 aliphatic rings. The Bertz CT molecular complexity index is 318. The minimum atomic E-state index is -1.35. The van der Waals surface area contributed by atoms with Gasteiger partial charge in [-0.25, -0.2) is 0 Å². The van der Waals surface area contributed by atoms with Crippen LogP contribution in [0.2, 0.25) is 0 Å². The van der Waals surface area contributed by atoms with E-state index in [-0.39, 0.29) is 12.5 Å². The van der Waals surface area contributed by atoms with Crippen LogP contribution in [0.5, 0.6) is 0 Å². The summed E-state index contributed by atoms with van der Waals surface area (Å²) in [6.45, 7) is 0.313. The van der Waals surface area contributed by atoms with Gasteiger partial charge >= 0.3 is 0 Å². The average molecular weight is 228 g/mol. The lowest BCUT2D eigenvalue weighted by molar-refractivity contribution is -0.139. The zero-order chi connectivity index (χ0) is 12.3. The molecule has 1 unspecified atom stereocenters. The SMILES string of the molecule is NCC(=O)N1CCC[C@H]1C(=O)C(N)C(N)=O. The zero-order valence-corrected chi connectivity index (χ0v) is 8.89. The highest BCUT2D eigenvalue weighted by Gasteiger charge is 2.37. The lowest BCUT2D eigenvalue weighted by atomic mass is 10.0. The van der Waals surface area contributed by atoms with Crippen molar-refractivity contribution in [2.24, 2.45) is 17.2 Å². The topological polar surface area (TPSA) is 133 Å². The molecular weight excluding hydrogens is 212 g/mol. The van der Waals surface area contributed by atoms with Gasteiger partial charge in [0.15, 0.2) is 5.78 Å². The van der Waals surface area contributed by atoms with Gasteiger partial charge in [0.05, 0.1) is 12.6 Å². The molecule has 90 valence electrons. The number of hydrogen-bond acceptors (Lipinski definition) is 5. The van der Waals surface area contributed by atoms with Crippen LogP contribution in [0.1, 0.15) is 12.8 Å². The van der Waals surface area contributed by atoms with Crippen LogP contribution in [0.25, 0.3) is 0 Å². The minimum Gasteiger partial charge on any atom is -0.368 e. The summed E-state index contributed by atoms with van der Waals surface area (Å²) in [4.78, 5) is 35.3. The molecule has 0 aliphatic carbocycles. The molecule has 0 saturated carbocycles. The Hall–Kier alpha value is -1.47. The Balaban J connectivity index is 2.75. The van der Waals surface area contributed by atoms with Gasteiger partial charge < -0.3 is 22.1 Å². The molecule has 7 nitrogen and oxygen atoms in total. The van der Waals surface area contributed by atoms with Crippen LogP contribution in [0, 0.1) is 0 Å². The Morgan fingerprint density at radius 3 is 2.50 bits per heavy atom. The van der Waals surface area contributed by atoms with E-state index in [1.165, 1.54) is 4.90 Å². The van der Waals surface area contributed by atoms with E-state index >= 15 is 0 Å². The standard InChI is InChI=1S/C9H16N4O3/c10-4-6(14)13-3-1-2-5(13)8(15)7(11)9(12)16/h5,7H,1-4,10-11H2,(H2,12,16)/t5-,7?/m0/s1. The molecule has 0 aromatic heterocycles. The molecule has 0 bridgehead atoms. The van der Waals surface area contributed by atoms with Crippen molar-refractivity contribution in [1.82, 2.24) is 4.90 Å². The van der Waals surface area contributed by atoms with E-state index in [0.717, 1.165) is 0 Å².